The summed E-state index contributed by atoms with van der Waals surface area (Å²) in [6.45, 7) is 1.75. The predicted molar refractivity (Wildman–Crippen MR) is 88.0 cm³/mol. The van der Waals surface area contributed by atoms with Gasteiger partial charge >= 0.3 is 0 Å². The summed E-state index contributed by atoms with van der Waals surface area (Å²) >= 11 is 5.90. The summed E-state index contributed by atoms with van der Waals surface area (Å²) in [5, 5.41) is 0.498. The molecular formula is C17H21ClO5S. The SMILES string of the molecule is C[C@@]12CC[C@H]3CCCC[C@@]3(OO1)[C@@H](S(=O)(=O)c1ccc(Cl)cc1)O2. The zero-order valence-corrected chi connectivity index (χ0v) is 15.1. The first-order chi connectivity index (χ1) is 11.4. The molecule has 7 heteroatoms. The minimum absolute atomic E-state index is 0.127. The number of halogens is 1. The Morgan fingerprint density at radius 1 is 1.08 bits per heavy atom. The van der Waals surface area contributed by atoms with Crippen molar-refractivity contribution in [2.45, 2.75) is 67.2 Å². The lowest BCUT2D eigenvalue weighted by atomic mass is 9.74. The topological polar surface area (TPSA) is 61.8 Å². The van der Waals surface area contributed by atoms with Crippen LogP contribution in [0.2, 0.25) is 5.02 Å². The van der Waals surface area contributed by atoms with E-state index in [9.17, 15) is 8.42 Å². The van der Waals surface area contributed by atoms with Crippen LogP contribution >= 0.6 is 11.6 Å². The highest BCUT2D eigenvalue weighted by Crippen LogP contribution is 2.53. The third-order valence-electron chi connectivity index (χ3n) is 5.56. The molecule has 0 amide bonds. The second-order valence-corrected chi connectivity index (χ2v) is 9.61. The summed E-state index contributed by atoms with van der Waals surface area (Å²) in [7, 11) is -3.74. The van der Waals surface area contributed by atoms with Crippen molar-refractivity contribution in [1.82, 2.24) is 0 Å². The van der Waals surface area contributed by atoms with Crippen molar-refractivity contribution in [3.05, 3.63) is 29.3 Å². The molecule has 5 nitrogen and oxygen atoms in total. The number of ether oxygens (including phenoxy) is 1. The summed E-state index contributed by atoms with van der Waals surface area (Å²) < 4.78 is 32.7. The Morgan fingerprint density at radius 3 is 2.58 bits per heavy atom. The second kappa shape index (κ2) is 5.68. The molecule has 24 heavy (non-hydrogen) atoms. The molecule has 5 rings (SSSR count). The Morgan fingerprint density at radius 2 is 1.83 bits per heavy atom. The van der Waals surface area contributed by atoms with Gasteiger partial charge in [-0.2, -0.15) is 0 Å². The third-order valence-corrected chi connectivity index (χ3v) is 7.80. The number of hydrogen-bond donors (Lipinski definition) is 0. The van der Waals surface area contributed by atoms with Crippen LogP contribution < -0.4 is 0 Å². The fourth-order valence-corrected chi connectivity index (χ4v) is 6.30. The van der Waals surface area contributed by atoms with Gasteiger partial charge in [0.25, 0.3) is 0 Å². The molecule has 1 aromatic carbocycles. The Bertz CT molecular complexity index is 730. The van der Waals surface area contributed by atoms with Gasteiger partial charge in [-0.05, 0) is 56.4 Å². The number of hydrogen-bond acceptors (Lipinski definition) is 5. The third kappa shape index (κ3) is 2.51. The average Bonchev–Trinajstić information content (AvgIpc) is 2.80. The van der Waals surface area contributed by atoms with Crippen LogP contribution in [0.15, 0.2) is 29.2 Å². The molecule has 3 heterocycles. The molecule has 1 saturated carbocycles. The van der Waals surface area contributed by atoms with Crippen molar-refractivity contribution >= 4 is 21.4 Å². The van der Waals surface area contributed by atoms with Crippen LogP contribution in [0.5, 0.6) is 0 Å². The normalized spacial score (nSPS) is 39.2. The molecule has 0 N–H and O–H groups in total. The first-order valence-corrected chi connectivity index (χ1v) is 10.3. The summed E-state index contributed by atoms with van der Waals surface area (Å²) in [6.07, 6.45) is 5.04. The number of benzene rings is 1. The number of sulfone groups is 1. The summed E-state index contributed by atoms with van der Waals surface area (Å²) in [6, 6.07) is 6.21. The quantitative estimate of drug-likeness (QED) is 0.738. The van der Waals surface area contributed by atoms with Crippen molar-refractivity contribution in [1.29, 1.82) is 0 Å². The van der Waals surface area contributed by atoms with Crippen LogP contribution in [-0.2, 0) is 24.3 Å². The van der Waals surface area contributed by atoms with E-state index in [4.69, 9.17) is 26.1 Å². The van der Waals surface area contributed by atoms with Gasteiger partial charge in [-0.25, -0.2) is 18.2 Å². The zero-order valence-electron chi connectivity index (χ0n) is 13.5. The van der Waals surface area contributed by atoms with E-state index in [1.54, 1.807) is 19.1 Å². The molecule has 3 saturated heterocycles. The fourth-order valence-electron chi connectivity index (χ4n) is 4.21. The largest absolute Gasteiger partial charge is 0.324 e. The fraction of sp³-hybridized carbons (Fsp3) is 0.647. The first-order valence-electron chi connectivity index (χ1n) is 8.40. The van der Waals surface area contributed by atoms with Crippen LogP contribution in [0.1, 0.15) is 45.4 Å². The van der Waals surface area contributed by atoms with Crippen LogP contribution in [0, 0.1) is 5.92 Å². The first kappa shape index (κ1) is 16.8. The van der Waals surface area contributed by atoms with Gasteiger partial charge in [0.15, 0.2) is 11.2 Å². The Labute approximate surface area is 147 Å². The Balaban J connectivity index is 1.81. The molecule has 0 radical (unpaired) electrons. The lowest BCUT2D eigenvalue weighted by molar-refractivity contribution is -0.514. The molecule has 2 bridgehead atoms. The number of rotatable bonds is 2. The molecule has 3 aliphatic heterocycles. The van der Waals surface area contributed by atoms with Crippen molar-refractivity contribution in [3.8, 4) is 0 Å². The minimum Gasteiger partial charge on any atom is -0.324 e. The van der Waals surface area contributed by atoms with Gasteiger partial charge in [0, 0.05) is 11.4 Å². The lowest BCUT2D eigenvalue weighted by Crippen LogP contribution is -2.61. The maximum atomic E-state index is 13.3. The lowest BCUT2D eigenvalue weighted by Gasteiger charge is -2.49. The average molecular weight is 373 g/mol. The Kier molecular flexibility index (Phi) is 3.97. The van der Waals surface area contributed by atoms with Gasteiger partial charge in [-0.3, -0.25) is 0 Å². The highest BCUT2D eigenvalue weighted by atomic mass is 35.5. The van der Waals surface area contributed by atoms with Crippen LogP contribution in [0.4, 0.5) is 0 Å². The molecule has 4 fully saturated rings. The van der Waals surface area contributed by atoms with Gasteiger partial charge in [-0.15, -0.1) is 0 Å². The van der Waals surface area contributed by atoms with Crippen molar-refractivity contribution in [3.63, 3.8) is 0 Å². The van der Waals surface area contributed by atoms with E-state index < -0.39 is 26.7 Å². The molecule has 0 aromatic heterocycles. The monoisotopic (exact) mass is 372 g/mol. The van der Waals surface area contributed by atoms with E-state index in [-0.39, 0.29) is 10.8 Å². The molecule has 132 valence electrons. The zero-order chi connectivity index (χ0) is 17.0. The van der Waals surface area contributed by atoms with Crippen LogP contribution in [-0.4, -0.2) is 25.2 Å². The smallest absolute Gasteiger partial charge is 0.208 e. The molecule has 1 aromatic rings. The van der Waals surface area contributed by atoms with E-state index in [2.05, 4.69) is 0 Å². The Hall–Kier alpha value is -0.660. The molecule has 1 spiro atoms. The standard InChI is InChI=1S/C17H21ClO5S/c1-16-11-9-12-4-2-3-10-17(12,23-22-16)15(21-16)24(19,20)14-7-5-13(18)6-8-14/h5-8,12,15H,2-4,9-11H2,1H3/t12-,15-,16+,17+/m1/s1. The molecular weight excluding hydrogens is 352 g/mol. The van der Waals surface area contributed by atoms with Crippen molar-refractivity contribution < 1.29 is 22.9 Å². The highest BCUT2D eigenvalue weighted by Gasteiger charge is 2.63. The van der Waals surface area contributed by atoms with E-state index in [1.807, 2.05) is 0 Å². The van der Waals surface area contributed by atoms with Gasteiger partial charge in [0.2, 0.25) is 9.84 Å². The van der Waals surface area contributed by atoms with Gasteiger partial charge in [0.1, 0.15) is 5.60 Å². The summed E-state index contributed by atoms with van der Waals surface area (Å²) in [4.78, 5) is 11.5. The summed E-state index contributed by atoms with van der Waals surface area (Å²) in [5.41, 5.74) is -1.98. The molecule has 1 aliphatic carbocycles. The van der Waals surface area contributed by atoms with Gasteiger partial charge in [0.05, 0.1) is 4.90 Å². The van der Waals surface area contributed by atoms with E-state index in [1.165, 1.54) is 12.1 Å². The maximum absolute atomic E-state index is 13.3. The van der Waals surface area contributed by atoms with Crippen molar-refractivity contribution in [2.75, 3.05) is 0 Å². The van der Waals surface area contributed by atoms with Crippen molar-refractivity contribution in [2.24, 2.45) is 5.92 Å². The van der Waals surface area contributed by atoms with E-state index in [0.29, 0.717) is 17.9 Å². The van der Waals surface area contributed by atoms with E-state index in [0.717, 1.165) is 25.7 Å². The van der Waals surface area contributed by atoms with Crippen LogP contribution in [0.3, 0.4) is 0 Å². The van der Waals surface area contributed by atoms with E-state index >= 15 is 0 Å². The highest BCUT2D eigenvalue weighted by molar-refractivity contribution is 7.92. The molecule has 0 unspecified atom stereocenters. The summed E-state index contributed by atoms with van der Waals surface area (Å²) in [5.74, 6) is -0.894. The number of fused-ring (bicyclic) bond motifs is 3. The molecule has 4 atom stereocenters. The van der Waals surface area contributed by atoms with Gasteiger partial charge in [-0.1, -0.05) is 24.4 Å². The minimum atomic E-state index is -3.74. The second-order valence-electron chi connectivity index (χ2n) is 7.19. The molecule has 4 aliphatic rings. The van der Waals surface area contributed by atoms with Crippen LogP contribution in [0.25, 0.3) is 0 Å². The predicted octanol–water partition coefficient (Wildman–Crippen LogP) is 3.86. The van der Waals surface area contributed by atoms with Gasteiger partial charge < -0.3 is 4.74 Å². The maximum Gasteiger partial charge on any atom is 0.208 e.